The number of rotatable bonds is 4. The van der Waals surface area contributed by atoms with Gasteiger partial charge < -0.3 is 5.32 Å². The maximum atomic E-state index is 14.1. The predicted octanol–water partition coefficient (Wildman–Crippen LogP) is 2.50. The van der Waals surface area contributed by atoms with Gasteiger partial charge in [0.25, 0.3) is 0 Å². The summed E-state index contributed by atoms with van der Waals surface area (Å²) in [6, 6.07) is 4.21. The lowest BCUT2D eigenvalue weighted by Crippen LogP contribution is -2.38. The monoisotopic (exact) mass is 314 g/mol. The molecule has 1 aliphatic heterocycles. The molecule has 1 atom stereocenters. The fraction of sp³-hybridized carbons (Fsp3) is 0.600. The number of benzene rings is 1. The van der Waals surface area contributed by atoms with Crippen LogP contribution in [-0.4, -0.2) is 32.4 Å². The molecule has 0 spiro atoms. The van der Waals surface area contributed by atoms with Gasteiger partial charge in [0, 0.05) is 19.1 Å². The summed E-state index contributed by atoms with van der Waals surface area (Å²) in [6.45, 7) is 2.88. The van der Waals surface area contributed by atoms with Crippen LogP contribution in [0.3, 0.4) is 0 Å². The van der Waals surface area contributed by atoms with Crippen LogP contribution < -0.4 is 5.32 Å². The molecule has 1 aliphatic rings. The van der Waals surface area contributed by atoms with Gasteiger partial charge in [0.2, 0.25) is 10.0 Å². The van der Waals surface area contributed by atoms with Gasteiger partial charge in [0.05, 0.1) is 0 Å². The molecular formula is C15H23FN2O2S. The molecule has 1 heterocycles. The van der Waals surface area contributed by atoms with Crippen molar-refractivity contribution in [3.8, 4) is 0 Å². The quantitative estimate of drug-likeness (QED) is 0.929. The summed E-state index contributed by atoms with van der Waals surface area (Å²) >= 11 is 0. The van der Waals surface area contributed by atoms with E-state index in [9.17, 15) is 12.8 Å². The fourth-order valence-corrected chi connectivity index (χ4v) is 4.61. The Hall–Kier alpha value is -0.980. The molecule has 2 rings (SSSR count). The van der Waals surface area contributed by atoms with Crippen LogP contribution in [0, 0.1) is 5.82 Å². The number of nitrogens with zero attached hydrogens (tertiary/aromatic N) is 1. The molecule has 0 amide bonds. The standard InChI is InChI=1S/C15H23FN2O2S/c1-12-6-4-3-5-9-18(12)21(19,20)15-10-13(11-17-2)7-8-14(15)16/h7-8,10,12,17H,3-6,9,11H2,1-2H3. The molecule has 6 heteroatoms. The molecular weight excluding hydrogens is 291 g/mol. The molecule has 1 saturated heterocycles. The lowest BCUT2D eigenvalue weighted by molar-refractivity contribution is 0.340. The zero-order valence-corrected chi connectivity index (χ0v) is 13.4. The Morgan fingerprint density at radius 3 is 2.81 bits per heavy atom. The van der Waals surface area contributed by atoms with E-state index in [1.54, 1.807) is 13.1 Å². The van der Waals surface area contributed by atoms with Gasteiger partial charge in [-0.2, -0.15) is 4.31 Å². The minimum atomic E-state index is -3.78. The van der Waals surface area contributed by atoms with E-state index in [2.05, 4.69) is 5.32 Å². The minimum Gasteiger partial charge on any atom is -0.316 e. The lowest BCUT2D eigenvalue weighted by atomic mass is 10.1. The summed E-state index contributed by atoms with van der Waals surface area (Å²) in [5, 5.41) is 2.95. The largest absolute Gasteiger partial charge is 0.316 e. The molecule has 0 bridgehead atoms. The molecule has 21 heavy (non-hydrogen) atoms. The van der Waals surface area contributed by atoms with Crippen molar-refractivity contribution in [3.63, 3.8) is 0 Å². The Balaban J connectivity index is 2.40. The Bertz CT molecular complexity index is 589. The van der Waals surface area contributed by atoms with Crippen molar-refractivity contribution in [3.05, 3.63) is 29.6 Å². The van der Waals surface area contributed by atoms with Crippen molar-refractivity contribution >= 4 is 10.0 Å². The Kier molecular flexibility index (Phi) is 5.35. The molecule has 0 saturated carbocycles. The second-order valence-electron chi connectivity index (χ2n) is 5.61. The highest BCUT2D eigenvalue weighted by Crippen LogP contribution is 2.26. The molecule has 118 valence electrons. The van der Waals surface area contributed by atoms with Crippen LogP contribution in [0.5, 0.6) is 0 Å². The van der Waals surface area contributed by atoms with Crippen molar-refractivity contribution < 1.29 is 12.8 Å². The zero-order chi connectivity index (χ0) is 15.5. The third-order valence-electron chi connectivity index (χ3n) is 3.96. The number of halogens is 1. The first-order valence-electron chi connectivity index (χ1n) is 7.41. The van der Waals surface area contributed by atoms with Crippen LogP contribution >= 0.6 is 0 Å². The molecule has 1 fully saturated rings. The summed E-state index contributed by atoms with van der Waals surface area (Å²) in [5.41, 5.74) is 0.764. The Morgan fingerprint density at radius 2 is 2.10 bits per heavy atom. The first kappa shape index (κ1) is 16.4. The fourth-order valence-electron chi connectivity index (χ4n) is 2.79. The van der Waals surface area contributed by atoms with E-state index in [1.807, 2.05) is 6.92 Å². The second-order valence-corrected chi connectivity index (χ2v) is 7.47. The van der Waals surface area contributed by atoms with Crippen molar-refractivity contribution in [1.29, 1.82) is 0 Å². The van der Waals surface area contributed by atoms with Crippen molar-refractivity contribution in [2.24, 2.45) is 0 Å². The number of hydrogen-bond donors (Lipinski definition) is 1. The van der Waals surface area contributed by atoms with E-state index in [4.69, 9.17) is 0 Å². The van der Waals surface area contributed by atoms with E-state index >= 15 is 0 Å². The van der Waals surface area contributed by atoms with Crippen LogP contribution in [0.15, 0.2) is 23.1 Å². The van der Waals surface area contributed by atoms with Gasteiger partial charge in [-0.25, -0.2) is 12.8 Å². The van der Waals surface area contributed by atoms with Gasteiger partial charge in [-0.3, -0.25) is 0 Å². The normalized spacial score (nSPS) is 21.2. The third-order valence-corrected chi connectivity index (χ3v) is 5.98. The van der Waals surface area contributed by atoms with Crippen molar-refractivity contribution in [2.75, 3.05) is 13.6 Å². The van der Waals surface area contributed by atoms with Gasteiger partial charge in [0.1, 0.15) is 10.7 Å². The molecule has 0 aromatic heterocycles. The number of nitrogens with one attached hydrogen (secondary N) is 1. The molecule has 0 radical (unpaired) electrons. The van der Waals surface area contributed by atoms with E-state index in [-0.39, 0.29) is 10.9 Å². The van der Waals surface area contributed by atoms with Crippen molar-refractivity contribution in [2.45, 2.75) is 50.1 Å². The minimum absolute atomic E-state index is 0.0788. The van der Waals surface area contributed by atoms with Crippen LogP contribution in [0.1, 0.15) is 38.2 Å². The smallest absolute Gasteiger partial charge is 0.246 e. The van der Waals surface area contributed by atoms with Crippen LogP contribution in [-0.2, 0) is 16.6 Å². The number of sulfonamides is 1. The zero-order valence-electron chi connectivity index (χ0n) is 12.6. The SMILES string of the molecule is CNCc1ccc(F)c(S(=O)(=O)N2CCCCCC2C)c1. The lowest BCUT2D eigenvalue weighted by Gasteiger charge is -2.26. The molecule has 4 nitrogen and oxygen atoms in total. The van der Waals surface area contributed by atoms with Crippen molar-refractivity contribution in [1.82, 2.24) is 9.62 Å². The first-order chi connectivity index (χ1) is 9.96. The van der Waals surface area contributed by atoms with Crippen LogP contribution in [0.2, 0.25) is 0 Å². The number of hydrogen-bond acceptors (Lipinski definition) is 3. The van der Waals surface area contributed by atoms with Gasteiger partial charge >= 0.3 is 0 Å². The molecule has 1 unspecified atom stereocenters. The molecule has 0 aliphatic carbocycles. The summed E-state index contributed by atoms with van der Waals surface area (Å²) < 4.78 is 41.1. The third kappa shape index (κ3) is 3.62. The Labute approximate surface area is 126 Å². The maximum Gasteiger partial charge on any atom is 0.246 e. The summed E-state index contributed by atoms with van der Waals surface area (Å²) in [7, 11) is -2.00. The first-order valence-corrected chi connectivity index (χ1v) is 8.85. The topological polar surface area (TPSA) is 49.4 Å². The van der Waals surface area contributed by atoms with E-state index < -0.39 is 15.8 Å². The highest BCUT2D eigenvalue weighted by molar-refractivity contribution is 7.89. The summed E-state index contributed by atoms with van der Waals surface area (Å²) in [6.07, 6.45) is 3.71. The Morgan fingerprint density at radius 1 is 1.33 bits per heavy atom. The van der Waals surface area contributed by atoms with Crippen LogP contribution in [0.25, 0.3) is 0 Å². The van der Waals surface area contributed by atoms with E-state index in [0.29, 0.717) is 13.1 Å². The van der Waals surface area contributed by atoms with Gasteiger partial charge in [-0.1, -0.05) is 18.9 Å². The molecule has 1 aromatic carbocycles. The highest BCUT2D eigenvalue weighted by Gasteiger charge is 2.32. The summed E-state index contributed by atoms with van der Waals surface area (Å²) in [4.78, 5) is -0.205. The average molecular weight is 314 g/mol. The predicted molar refractivity (Wildman–Crippen MR) is 81.0 cm³/mol. The van der Waals surface area contributed by atoms with Gasteiger partial charge in [-0.05, 0) is 44.5 Å². The van der Waals surface area contributed by atoms with Gasteiger partial charge in [0.15, 0.2) is 0 Å². The second kappa shape index (κ2) is 6.85. The molecule has 1 aromatic rings. The summed E-state index contributed by atoms with van der Waals surface area (Å²) in [5.74, 6) is -0.675. The van der Waals surface area contributed by atoms with E-state index in [1.165, 1.54) is 16.4 Å². The highest BCUT2D eigenvalue weighted by atomic mass is 32.2. The maximum absolute atomic E-state index is 14.1. The average Bonchev–Trinajstić information content (AvgIpc) is 2.66. The van der Waals surface area contributed by atoms with Gasteiger partial charge in [-0.15, -0.1) is 0 Å². The molecule has 1 N–H and O–H groups in total. The van der Waals surface area contributed by atoms with E-state index in [0.717, 1.165) is 31.2 Å². The van der Waals surface area contributed by atoms with Crippen LogP contribution in [0.4, 0.5) is 4.39 Å².